The number of hydrogen-bond acceptors (Lipinski definition) is 3. The Morgan fingerprint density at radius 2 is 2.00 bits per heavy atom. The van der Waals surface area contributed by atoms with Gasteiger partial charge in [0, 0.05) is 5.57 Å². The van der Waals surface area contributed by atoms with Crippen molar-refractivity contribution < 1.29 is 19.8 Å². The lowest BCUT2D eigenvalue weighted by Gasteiger charge is -2.08. The maximum Gasteiger partial charge on any atom is 0.337 e. The predicted octanol–water partition coefficient (Wildman–Crippen LogP) is 1.60. The second kappa shape index (κ2) is 4.48. The van der Waals surface area contributed by atoms with Crippen molar-refractivity contribution >= 4 is 17.6 Å². The molecule has 0 saturated heterocycles. The standard InChI is InChI=1S/C11H11NO4/c1-6(2)10(14)12-9-4-3-7(13)5-8(9)11(15)16/h3-5,13H,1H2,2H3,(H,12,14)(H,15,16). The van der Waals surface area contributed by atoms with Crippen molar-refractivity contribution in [3.63, 3.8) is 0 Å². The van der Waals surface area contributed by atoms with Crippen LogP contribution in [-0.2, 0) is 4.79 Å². The molecule has 0 radical (unpaired) electrons. The van der Waals surface area contributed by atoms with Gasteiger partial charge in [0.05, 0.1) is 11.3 Å². The molecule has 0 aliphatic carbocycles. The number of carboxylic acids is 1. The molecule has 0 fully saturated rings. The number of aromatic carboxylic acids is 1. The van der Waals surface area contributed by atoms with E-state index in [1.54, 1.807) is 0 Å². The molecule has 1 rings (SSSR count). The number of carbonyl (C=O) groups is 2. The smallest absolute Gasteiger partial charge is 0.337 e. The van der Waals surface area contributed by atoms with Gasteiger partial charge in [-0.05, 0) is 25.1 Å². The molecule has 16 heavy (non-hydrogen) atoms. The van der Waals surface area contributed by atoms with E-state index >= 15 is 0 Å². The van der Waals surface area contributed by atoms with Crippen LogP contribution in [0.2, 0.25) is 0 Å². The molecule has 0 aliphatic rings. The molecule has 0 atom stereocenters. The average molecular weight is 221 g/mol. The number of phenolic OH excluding ortho intramolecular Hbond substituents is 1. The highest BCUT2D eigenvalue weighted by Gasteiger charge is 2.13. The van der Waals surface area contributed by atoms with Gasteiger partial charge >= 0.3 is 5.97 Å². The zero-order valence-corrected chi connectivity index (χ0v) is 8.65. The number of anilines is 1. The molecule has 5 heteroatoms. The van der Waals surface area contributed by atoms with Gasteiger partial charge in [-0.25, -0.2) is 4.79 Å². The van der Waals surface area contributed by atoms with Gasteiger partial charge in [-0.1, -0.05) is 6.58 Å². The lowest BCUT2D eigenvalue weighted by atomic mass is 10.1. The van der Waals surface area contributed by atoms with Crippen molar-refractivity contribution in [2.45, 2.75) is 6.92 Å². The second-order valence-corrected chi connectivity index (χ2v) is 3.27. The van der Waals surface area contributed by atoms with Crippen LogP contribution in [0.15, 0.2) is 30.4 Å². The maximum atomic E-state index is 11.3. The summed E-state index contributed by atoms with van der Waals surface area (Å²) < 4.78 is 0. The minimum absolute atomic E-state index is 0.123. The van der Waals surface area contributed by atoms with E-state index in [2.05, 4.69) is 11.9 Å². The normalized spacial score (nSPS) is 9.56. The second-order valence-electron chi connectivity index (χ2n) is 3.27. The summed E-state index contributed by atoms with van der Waals surface area (Å²) in [6, 6.07) is 3.68. The average Bonchev–Trinajstić information content (AvgIpc) is 2.20. The number of amides is 1. The summed E-state index contributed by atoms with van der Waals surface area (Å²) in [5, 5.41) is 20.4. The topological polar surface area (TPSA) is 86.6 Å². The molecule has 1 amide bonds. The van der Waals surface area contributed by atoms with Crippen LogP contribution in [0.1, 0.15) is 17.3 Å². The van der Waals surface area contributed by atoms with Gasteiger partial charge in [0.2, 0.25) is 0 Å². The molecule has 0 saturated carbocycles. The summed E-state index contributed by atoms with van der Waals surface area (Å²) in [5.74, 6) is -1.87. The minimum Gasteiger partial charge on any atom is -0.508 e. The summed E-state index contributed by atoms with van der Waals surface area (Å²) in [7, 11) is 0. The van der Waals surface area contributed by atoms with Gasteiger partial charge in [0.15, 0.2) is 0 Å². The van der Waals surface area contributed by atoms with Crippen LogP contribution in [0.25, 0.3) is 0 Å². The molecule has 3 N–H and O–H groups in total. The van der Waals surface area contributed by atoms with Crippen LogP contribution >= 0.6 is 0 Å². The number of carboxylic acid groups (broad SMARTS) is 1. The molecule has 0 aliphatic heterocycles. The first-order valence-corrected chi connectivity index (χ1v) is 4.45. The molecule has 5 nitrogen and oxygen atoms in total. The van der Waals surface area contributed by atoms with Gasteiger partial charge in [0.1, 0.15) is 5.75 Å². The molecule has 0 bridgehead atoms. The monoisotopic (exact) mass is 221 g/mol. The van der Waals surface area contributed by atoms with E-state index in [0.29, 0.717) is 0 Å². The Hall–Kier alpha value is -2.30. The van der Waals surface area contributed by atoms with Crippen molar-refractivity contribution in [1.82, 2.24) is 0 Å². The Morgan fingerprint density at radius 1 is 1.38 bits per heavy atom. The van der Waals surface area contributed by atoms with E-state index in [4.69, 9.17) is 10.2 Å². The molecule has 1 aromatic carbocycles. The van der Waals surface area contributed by atoms with Crippen molar-refractivity contribution in [3.05, 3.63) is 35.9 Å². The van der Waals surface area contributed by atoms with Gasteiger partial charge < -0.3 is 15.5 Å². The van der Waals surface area contributed by atoms with E-state index in [9.17, 15) is 9.59 Å². The Morgan fingerprint density at radius 3 is 2.50 bits per heavy atom. The fraction of sp³-hybridized carbons (Fsp3) is 0.0909. The number of aromatic hydroxyl groups is 1. The van der Waals surface area contributed by atoms with E-state index in [1.165, 1.54) is 19.1 Å². The van der Waals surface area contributed by atoms with Crippen LogP contribution in [-0.4, -0.2) is 22.1 Å². The Labute approximate surface area is 92.0 Å². The quantitative estimate of drug-likeness (QED) is 0.534. The molecule has 0 unspecified atom stereocenters. The number of hydrogen-bond donors (Lipinski definition) is 3. The summed E-state index contributed by atoms with van der Waals surface area (Å²) in [6.45, 7) is 4.94. The highest BCUT2D eigenvalue weighted by Crippen LogP contribution is 2.21. The summed E-state index contributed by atoms with van der Waals surface area (Å²) in [6.07, 6.45) is 0. The first-order chi connectivity index (χ1) is 7.41. The highest BCUT2D eigenvalue weighted by molar-refractivity contribution is 6.06. The van der Waals surface area contributed by atoms with E-state index < -0.39 is 11.9 Å². The van der Waals surface area contributed by atoms with Gasteiger partial charge in [0.25, 0.3) is 5.91 Å². The van der Waals surface area contributed by atoms with Crippen molar-refractivity contribution in [1.29, 1.82) is 0 Å². The molecular weight excluding hydrogens is 210 g/mol. The van der Waals surface area contributed by atoms with Crippen LogP contribution in [0.5, 0.6) is 5.75 Å². The van der Waals surface area contributed by atoms with E-state index in [-0.39, 0.29) is 22.6 Å². The minimum atomic E-state index is -1.23. The molecule has 0 spiro atoms. The summed E-state index contributed by atoms with van der Waals surface area (Å²) in [5.41, 5.74) is 0.220. The zero-order chi connectivity index (χ0) is 12.3. The third-order valence-electron chi connectivity index (χ3n) is 1.87. The third kappa shape index (κ3) is 2.60. The molecule has 84 valence electrons. The fourth-order valence-corrected chi connectivity index (χ4v) is 1.05. The lowest BCUT2D eigenvalue weighted by Crippen LogP contribution is -2.14. The summed E-state index contributed by atoms with van der Waals surface area (Å²) in [4.78, 5) is 22.1. The van der Waals surface area contributed by atoms with Gasteiger partial charge in [-0.2, -0.15) is 0 Å². The zero-order valence-electron chi connectivity index (χ0n) is 8.65. The SMILES string of the molecule is C=C(C)C(=O)Nc1ccc(O)cc1C(=O)O. The molecule has 0 aromatic heterocycles. The Bertz CT molecular complexity index is 465. The Kier molecular flexibility index (Phi) is 3.30. The molecular formula is C11H11NO4. The van der Waals surface area contributed by atoms with E-state index in [1.807, 2.05) is 0 Å². The Balaban J connectivity index is 3.09. The predicted molar refractivity (Wildman–Crippen MR) is 58.5 cm³/mol. The van der Waals surface area contributed by atoms with E-state index in [0.717, 1.165) is 6.07 Å². The third-order valence-corrected chi connectivity index (χ3v) is 1.87. The summed E-state index contributed by atoms with van der Waals surface area (Å²) >= 11 is 0. The first kappa shape index (κ1) is 11.8. The maximum absolute atomic E-state index is 11.3. The number of benzene rings is 1. The number of rotatable bonds is 3. The van der Waals surface area contributed by atoms with Crippen LogP contribution in [0.4, 0.5) is 5.69 Å². The van der Waals surface area contributed by atoms with Crippen LogP contribution in [0.3, 0.4) is 0 Å². The molecule has 1 aromatic rings. The lowest BCUT2D eigenvalue weighted by molar-refractivity contribution is -0.112. The first-order valence-electron chi connectivity index (χ1n) is 4.45. The number of phenols is 1. The number of carbonyl (C=O) groups excluding carboxylic acids is 1. The highest BCUT2D eigenvalue weighted by atomic mass is 16.4. The largest absolute Gasteiger partial charge is 0.508 e. The molecule has 0 heterocycles. The number of nitrogens with one attached hydrogen (secondary N) is 1. The van der Waals surface area contributed by atoms with Crippen molar-refractivity contribution in [2.75, 3.05) is 5.32 Å². The van der Waals surface area contributed by atoms with Crippen molar-refractivity contribution in [2.24, 2.45) is 0 Å². The van der Waals surface area contributed by atoms with Crippen LogP contribution in [0, 0.1) is 0 Å². The van der Waals surface area contributed by atoms with Crippen molar-refractivity contribution in [3.8, 4) is 5.75 Å². The van der Waals surface area contributed by atoms with Gasteiger partial charge in [-0.3, -0.25) is 4.79 Å². The van der Waals surface area contributed by atoms with Crippen LogP contribution < -0.4 is 5.32 Å². The fourth-order valence-electron chi connectivity index (χ4n) is 1.05. The van der Waals surface area contributed by atoms with Gasteiger partial charge in [-0.15, -0.1) is 0 Å².